The molecule has 1 atom stereocenters. The van der Waals surface area contributed by atoms with Gasteiger partial charge in [0.2, 0.25) is 0 Å². The Balaban J connectivity index is 0.789. The van der Waals surface area contributed by atoms with Gasteiger partial charge in [-0.25, -0.2) is 0 Å². The molecule has 0 spiro atoms. The van der Waals surface area contributed by atoms with Gasteiger partial charge in [-0.2, -0.15) is 0 Å². The summed E-state index contributed by atoms with van der Waals surface area (Å²) in [6.07, 6.45) is 0. The molecular formula is C67H47N3. The van der Waals surface area contributed by atoms with Crippen molar-refractivity contribution in [2.24, 2.45) is 0 Å². The van der Waals surface area contributed by atoms with E-state index in [1.54, 1.807) is 0 Å². The van der Waals surface area contributed by atoms with Crippen LogP contribution in [0.1, 0.15) is 22.6 Å². The fraction of sp³-hybridized carbons (Fsp3) is 0.0149. The Morgan fingerprint density at radius 2 is 0.686 bits per heavy atom. The topological polar surface area (TPSA) is 11.4 Å². The molecule has 70 heavy (non-hydrogen) atoms. The van der Waals surface area contributed by atoms with Crippen molar-refractivity contribution < 1.29 is 0 Å². The smallest absolute Gasteiger partial charge is 0.0542 e. The predicted octanol–water partition coefficient (Wildman–Crippen LogP) is 18.2. The summed E-state index contributed by atoms with van der Waals surface area (Å²) in [5, 5.41) is 2.46. The Morgan fingerprint density at radius 3 is 1.29 bits per heavy atom. The fourth-order valence-corrected chi connectivity index (χ4v) is 10.8. The highest BCUT2D eigenvalue weighted by Crippen LogP contribution is 2.50. The first-order valence-electron chi connectivity index (χ1n) is 24.1. The molecule has 3 nitrogen and oxygen atoms in total. The summed E-state index contributed by atoms with van der Waals surface area (Å²) in [5.74, 6) is 0.218. The number of hydrogen-bond acceptors (Lipinski definition) is 2. The number of benzene rings is 11. The third kappa shape index (κ3) is 7.24. The number of hydrogen-bond donors (Lipinski definition) is 0. The molecule has 13 rings (SSSR count). The summed E-state index contributed by atoms with van der Waals surface area (Å²) in [7, 11) is 0. The molecule has 330 valence electrons. The minimum Gasteiger partial charge on any atom is -0.310 e. The summed E-state index contributed by atoms with van der Waals surface area (Å²) in [5.41, 5.74) is 21.6. The van der Waals surface area contributed by atoms with Gasteiger partial charge in [0.1, 0.15) is 0 Å². The van der Waals surface area contributed by atoms with Crippen molar-refractivity contribution in [2.75, 3.05) is 9.80 Å². The van der Waals surface area contributed by atoms with Crippen molar-refractivity contribution in [3.05, 3.63) is 296 Å². The summed E-state index contributed by atoms with van der Waals surface area (Å²) in [6, 6.07) is 101. The molecule has 1 aromatic heterocycles. The van der Waals surface area contributed by atoms with Crippen LogP contribution in [0.4, 0.5) is 34.1 Å². The maximum Gasteiger partial charge on any atom is 0.0542 e. The summed E-state index contributed by atoms with van der Waals surface area (Å²) >= 11 is 0. The second kappa shape index (κ2) is 17.5. The molecule has 0 radical (unpaired) electrons. The molecule has 0 fully saturated rings. The fourth-order valence-electron chi connectivity index (χ4n) is 10.8. The van der Waals surface area contributed by atoms with E-state index in [2.05, 4.69) is 293 Å². The van der Waals surface area contributed by atoms with Crippen LogP contribution in [0.15, 0.2) is 279 Å². The van der Waals surface area contributed by atoms with Crippen molar-refractivity contribution >= 4 is 55.9 Å². The number of nitrogens with zero attached hydrogens (tertiary/aromatic N) is 3. The molecule has 0 saturated heterocycles. The van der Waals surface area contributed by atoms with Crippen LogP contribution in [0.25, 0.3) is 60.9 Å². The highest BCUT2D eigenvalue weighted by atomic mass is 15.1. The summed E-state index contributed by atoms with van der Waals surface area (Å²) in [6.45, 7) is 0. The predicted molar refractivity (Wildman–Crippen MR) is 294 cm³/mol. The normalized spacial score (nSPS) is 12.7. The molecule has 0 aliphatic heterocycles. The minimum absolute atomic E-state index is 0.218. The highest BCUT2D eigenvalue weighted by Gasteiger charge is 2.30. The van der Waals surface area contributed by atoms with Gasteiger partial charge in [-0.05, 0) is 147 Å². The van der Waals surface area contributed by atoms with Gasteiger partial charge in [0.15, 0.2) is 0 Å². The molecule has 0 bridgehead atoms. The van der Waals surface area contributed by atoms with Crippen LogP contribution < -0.4 is 9.80 Å². The number of aromatic nitrogens is 1. The molecule has 0 saturated carbocycles. The highest BCUT2D eigenvalue weighted by molar-refractivity contribution is 6.10. The molecular weight excluding hydrogens is 847 g/mol. The van der Waals surface area contributed by atoms with E-state index in [-0.39, 0.29) is 5.92 Å². The zero-order valence-corrected chi connectivity index (χ0v) is 38.5. The largest absolute Gasteiger partial charge is 0.310 e. The maximum absolute atomic E-state index is 2.38. The van der Waals surface area contributed by atoms with Gasteiger partial charge in [-0.3, -0.25) is 0 Å². The standard InChI is InChI=1S/C67H47N3/c1-5-17-51(18-6-1)67-61-27-14-13-25-59(61)63-45-57(41-43-62(63)67)68(52-19-7-2-8-20-52)55-37-33-49(34-38-55)47-29-31-48(32-30-47)50-35-39-56(40-36-50)69(53-21-9-3-10-22-53)58-42-44-66-64(46-58)60-26-15-16-28-65(60)70(66)54-23-11-4-12-24-54/h1-46,67H. The third-order valence-electron chi connectivity index (χ3n) is 14.1. The van der Waals surface area contributed by atoms with E-state index in [4.69, 9.17) is 0 Å². The minimum atomic E-state index is 0.218. The van der Waals surface area contributed by atoms with Gasteiger partial charge < -0.3 is 14.4 Å². The van der Waals surface area contributed by atoms with Crippen LogP contribution in [0.2, 0.25) is 0 Å². The van der Waals surface area contributed by atoms with Crippen LogP contribution in [0.3, 0.4) is 0 Å². The maximum atomic E-state index is 2.38. The van der Waals surface area contributed by atoms with Crippen LogP contribution in [-0.4, -0.2) is 4.57 Å². The molecule has 3 heteroatoms. The average molecular weight is 894 g/mol. The lowest BCUT2D eigenvalue weighted by Gasteiger charge is -2.26. The molecule has 11 aromatic carbocycles. The van der Waals surface area contributed by atoms with Gasteiger partial charge >= 0.3 is 0 Å². The lowest BCUT2D eigenvalue weighted by atomic mass is 9.89. The number of anilines is 6. The van der Waals surface area contributed by atoms with Crippen molar-refractivity contribution in [2.45, 2.75) is 5.92 Å². The Hall–Kier alpha value is -9.18. The molecule has 1 heterocycles. The Bertz CT molecular complexity index is 3790. The van der Waals surface area contributed by atoms with Crippen LogP contribution in [0.5, 0.6) is 0 Å². The summed E-state index contributed by atoms with van der Waals surface area (Å²) < 4.78 is 2.37. The molecule has 0 N–H and O–H groups in total. The van der Waals surface area contributed by atoms with E-state index in [9.17, 15) is 0 Å². The van der Waals surface area contributed by atoms with E-state index < -0.39 is 0 Å². The van der Waals surface area contributed by atoms with Gasteiger partial charge in [0, 0.05) is 56.5 Å². The third-order valence-corrected chi connectivity index (χ3v) is 14.1. The number of rotatable bonds is 10. The monoisotopic (exact) mass is 893 g/mol. The molecule has 1 aliphatic carbocycles. The average Bonchev–Trinajstić information content (AvgIpc) is 3.95. The second-order valence-electron chi connectivity index (χ2n) is 18.1. The van der Waals surface area contributed by atoms with Crippen molar-refractivity contribution in [1.29, 1.82) is 0 Å². The van der Waals surface area contributed by atoms with Gasteiger partial charge in [0.05, 0.1) is 11.0 Å². The van der Waals surface area contributed by atoms with Gasteiger partial charge in [-0.1, -0.05) is 182 Å². The van der Waals surface area contributed by atoms with Crippen molar-refractivity contribution in [1.82, 2.24) is 4.57 Å². The lowest BCUT2D eigenvalue weighted by molar-refractivity contribution is 1.01. The van der Waals surface area contributed by atoms with Crippen LogP contribution in [0, 0.1) is 0 Å². The zero-order valence-electron chi connectivity index (χ0n) is 38.5. The van der Waals surface area contributed by atoms with E-state index in [0.717, 1.165) is 39.8 Å². The van der Waals surface area contributed by atoms with Crippen molar-refractivity contribution in [3.63, 3.8) is 0 Å². The quantitative estimate of drug-likeness (QED) is 0.136. The SMILES string of the molecule is c1ccc(C2c3ccccc3-c3cc(N(c4ccccc4)c4ccc(-c5ccc(-c6ccc(N(c7ccccc7)c7ccc8c(c7)c7ccccc7n8-c7ccccc7)cc6)cc5)cc4)ccc32)cc1. The Kier molecular flexibility index (Phi) is 10.2. The first-order valence-corrected chi connectivity index (χ1v) is 24.1. The molecule has 1 unspecified atom stereocenters. The van der Waals surface area contributed by atoms with Crippen LogP contribution >= 0.6 is 0 Å². The van der Waals surface area contributed by atoms with E-state index in [1.807, 2.05) is 0 Å². The van der Waals surface area contributed by atoms with Gasteiger partial charge in [-0.15, -0.1) is 0 Å². The van der Waals surface area contributed by atoms with E-state index in [0.29, 0.717) is 0 Å². The molecule has 1 aliphatic rings. The Morgan fingerprint density at radius 1 is 0.271 bits per heavy atom. The number of fused-ring (bicyclic) bond motifs is 6. The second-order valence-corrected chi connectivity index (χ2v) is 18.1. The zero-order chi connectivity index (χ0) is 46.4. The van der Waals surface area contributed by atoms with Crippen molar-refractivity contribution in [3.8, 4) is 39.1 Å². The summed E-state index contributed by atoms with van der Waals surface area (Å²) in [4.78, 5) is 4.73. The number of para-hydroxylation sites is 4. The van der Waals surface area contributed by atoms with Gasteiger partial charge in [0.25, 0.3) is 0 Å². The van der Waals surface area contributed by atoms with Crippen LogP contribution in [-0.2, 0) is 0 Å². The van der Waals surface area contributed by atoms with E-state index >= 15 is 0 Å². The molecule has 0 amide bonds. The first kappa shape index (κ1) is 41.0. The first-order chi connectivity index (χ1) is 34.7. The van der Waals surface area contributed by atoms with E-state index in [1.165, 1.54) is 71.9 Å². The lowest BCUT2D eigenvalue weighted by Crippen LogP contribution is -2.10. The molecule has 12 aromatic rings. The Labute approximate surface area is 409 Å².